The van der Waals surface area contributed by atoms with Crippen molar-refractivity contribution in [2.24, 2.45) is 17.6 Å². The molecule has 2 rings (SSSR count). The average Bonchev–Trinajstić information content (AvgIpc) is 2.41. The maximum absolute atomic E-state index is 12.0. The van der Waals surface area contributed by atoms with Gasteiger partial charge in [-0.15, -0.1) is 0 Å². The Labute approximate surface area is 124 Å². The zero-order chi connectivity index (χ0) is 14.4. The van der Waals surface area contributed by atoms with Crippen LogP contribution in [-0.2, 0) is 4.79 Å². The second-order valence-corrected chi connectivity index (χ2v) is 7.36. The van der Waals surface area contributed by atoms with E-state index in [0.717, 1.165) is 37.6 Å². The standard InChI is InChI=1S/C17H32N2O/c1-14-5-7-15(8-6-14)9-12-19-16(20)13-17(18)10-3-2-4-11-17/h14-15H,2-13,18H2,1H3,(H,19,20). The molecule has 0 aromatic heterocycles. The predicted octanol–water partition coefficient (Wildman–Crippen LogP) is 3.37. The maximum atomic E-state index is 12.0. The molecule has 20 heavy (non-hydrogen) atoms. The van der Waals surface area contributed by atoms with Crippen LogP contribution in [0.2, 0.25) is 0 Å². The van der Waals surface area contributed by atoms with Crippen molar-refractivity contribution in [3.8, 4) is 0 Å². The van der Waals surface area contributed by atoms with E-state index in [2.05, 4.69) is 12.2 Å². The van der Waals surface area contributed by atoms with E-state index >= 15 is 0 Å². The molecule has 116 valence electrons. The zero-order valence-electron chi connectivity index (χ0n) is 13.1. The summed E-state index contributed by atoms with van der Waals surface area (Å²) in [5.41, 5.74) is 6.11. The Bertz CT molecular complexity index is 302. The van der Waals surface area contributed by atoms with Gasteiger partial charge in [0, 0.05) is 18.5 Å². The van der Waals surface area contributed by atoms with Gasteiger partial charge < -0.3 is 11.1 Å². The quantitative estimate of drug-likeness (QED) is 0.811. The molecule has 0 bridgehead atoms. The van der Waals surface area contributed by atoms with Crippen LogP contribution >= 0.6 is 0 Å². The minimum Gasteiger partial charge on any atom is -0.356 e. The Morgan fingerprint density at radius 3 is 2.45 bits per heavy atom. The van der Waals surface area contributed by atoms with Crippen LogP contribution in [0.15, 0.2) is 0 Å². The third-order valence-corrected chi connectivity index (χ3v) is 5.37. The monoisotopic (exact) mass is 280 g/mol. The lowest BCUT2D eigenvalue weighted by molar-refractivity contribution is -0.122. The number of nitrogens with two attached hydrogens (primary N) is 1. The van der Waals surface area contributed by atoms with Gasteiger partial charge in [0.15, 0.2) is 0 Å². The molecule has 3 heteroatoms. The molecule has 2 saturated carbocycles. The van der Waals surface area contributed by atoms with Crippen LogP contribution in [0.4, 0.5) is 0 Å². The van der Waals surface area contributed by atoms with Crippen LogP contribution < -0.4 is 11.1 Å². The number of hydrogen-bond acceptors (Lipinski definition) is 2. The van der Waals surface area contributed by atoms with Crippen LogP contribution in [0.5, 0.6) is 0 Å². The average molecular weight is 280 g/mol. The van der Waals surface area contributed by atoms with Crippen LogP contribution in [0.25, 0.3) is 0 Å². The smallest absolute Gasteiger partial charge is 0.221 e. The summed E-state index contributed by atoms with van der Waals surface area (Å²) in [6.07, 6.45) is 12.8. The summed E-state index contributed by atoms with van der Waals surface area (Å²) in [6.45, 7) is 3.19. The molecule has 2 aliphatic rings. The molecule has 0 unspecified atom stereocenters. The molecule has 2 fully saturated rings. The fourth-order valence-corrected chi connectivity index (χ4v) is 3.85. The SMILES string of the molecule is CC1CCC(CCNC(=O)CC2(N)CCCCC2)CC1. The van der Waals surface area contributed by atoms with Crippen LogP contribution in [0, 0.1) is 11.8 Å². The molecule has 1 amide bonds. The van der Waals surface area contributed by atoms with Gasteiger partial charge in [-0.1, -0.05) is 51.9 Å². The molecule has 0 aromatic rings. The molecule has 3 nitrogen and oxygen atoms in total. The summed E-state index contributed by atoms with van der Waals surface area (Å²) in [4.78, 5) is 12.0. The molecule has 0 heterocycles. The topological polar surface area (TPSA) is 55.1 Å². The van der Waals surface area contributed by atoms with Crippen LogP contribution in [0.1, 0.15) is 77.6 Å². The molecule has 2 aliphatic carbocycles. The van der Waals surface area contributed by atoms with Crippen molar-refractivity contribution in [2.45, 2.75) is 83.1 Å². The van der Waals surface area contributed by atoms with Gasteiger partial charge >= 0.3 is 0 Å². The summed E-state index contributed by atoms with van der Waals surface area (Å²) in [5, 5.41) is 3.09. The Balaban J connectivity index is 1.60. The molecular formula is C17H32N2O. The van der Waals surface area contributed by atoms with Gasteiger partial charge in [0.1, 0.15) is 0 Å². The normalized spacial score (nSPS) is 29.9. The van der Waals surface area contributed by atoms with E-state index in [0.29, 0.717) is 6.42 Å². The molecule has 0 aliphatic heterocycles. The van der Waals surface area contributed by atoms with Crippen molar-refractivity contribution in [1.82, 2.24) is 5.32 Å². The fourth-order valence-electron chi connectivity index (χ4n) is 3.85. The second kappa shape index (κ2) is 7.44. The van der Waals surface area contributed by atoms with Gasteiger partial charge in [-0.2, -0.15) is 0 Å². The lowest BCUT2D eigenvalue weighted by Gasteiger charge is -2.33. The first kappa shape index (κ1) is 15.8. The third-order valence-electron chi connectivity index (χ3n) is 5.37. The Hall–Kier alpha value is -0.570. The zero-order valence-corrected chi connectivity index (χ0v) is 13.1. The van der Waals surface area contributed by atoms with Crippen LogP contribution in [0.3, 0.4) is 0 Å². The van der Waals surface area contributed by atoms with Gasteiger partial charge in [0.25, 0.3) is 0 Å². The molecule has 3 N–H and O–H groups in total. The first-order valence-electron chi connectivity index (χ1n) is 8.63. The fraction of sp³-hybridized carbons (Fsp3) is 0.941. The van der Waals surface area contributed by atoms with E-state index in [1.54, 1.807) is 0 Å². The van der Waals surface area contributed by atoms with E-state index in [1.807, 2.05) is 0 Å². The van der Waals surface area contributed by atoms with Crippen molar-refractivity contribution < 1.29 is 4.79 Å². The first-order valence-corrected chi connectivity index (χ1v) is 8.63. The molecule has 0 atom stereocenters. The van der Waals surface area contributed by atoms with Gasteiger partial charge in [-0.05, 0) is 31.1 Å². The van der Waals surface area contributed by atoms with Gasteiger partial charge in [-0.25, -0.2) is 0 Å². The minimum atomic E-state index is -0.220. The summed E-state index contributed by atoms with van der Waals surface area (Å²) in [5.74, 6) is 1.90. The Kier molecular flexibility index (Phi) is 5.88. The number of rotatable bonds is 5. The van der Waals surface area contributed by atoms with Gasteiger partial charge in [0.05, 0.1) is 0 Å². The molecular weight excluding hydrogens is 248 g/mol. The molecule has 0 spiro atoms. The van der Waals surface area contributed by atoms with Gasteiger partial charge in [-0.3, -0.25) is 4.79 Å². The summed E-state index contributed by atoms with van der Waals surface area (Å²) < 4.78 is 0. The summed E-state index contributed by atoms with van der Waals surface area (Å²) in [7, 11) is 0. The number of hydrogen-bond donors (Lipinski definition) is 2. The number of carbonyl (C=O) groups excluding carboxylic acids is 1. The minimum absolute atomic E-state index is 0.165. The van der Waals surface area contributed by atoms with Crippen molar-refractivity contribution in [3.63, 3.8) is 0 Å². The maximum Gasteiger partial charge on any atom is 0.221 e. The molecule has 0 saturated heterocycles. The lowest BCUT2D eigenvalue weighted by Crippen LogP contribution is -2.46. The highest BCUT2D eigenvalue weighted by atomic mass is 16.1. The van der Waals surface area contributed by atoms with Crippen LogP contribution in [-0.4, -0.2) is 18.0 Å². The summed E-state index contributed by atoms with van der Waals surface area (Å²) in [6, 6.07) is 0. The highest BCUT2D eigenvalue weighted by molar-refractivity contribution is 5.77. The highest BCUT2D eigenvalue weighted by Crippen LogP contribution is 2.30. The van der Waals surface area contributed by atoms with Crippen molar-refractivity contribution in [1.29, 1.82) is 0 Å². The van der Waals surface area contributed by atoms with E-state index in [9.17, 15) is 4.79 Å². The number of amides is 1. The highest BCUT2D eigenvalue weighted by Gasteiger charge is 2.29. The van der Waals surface area contributed by atoms with E-state index in [1.165, 1.54) is 44.9 Å². The van der Waals surface area contributed by atoms with Crippen molar-refractivity contribution in [3.05, 3.63) is 0 Å². The Morgan fingerprint density at radius 1 is 1.15 bits per heavy atom. The lowest BCUT2D eigenvalue weighted by atomic mass is 9.80. The first-order chi connectivity index (χ1) is 9.57. The molecule has 0 radical (unpaired) electrons. The summed E-state index contributed by atoms with van der Waals surface area (Å²) >= 11 is 0. The van der Waals surface area contributed by atoms with E-state index in [-0.39, 0.29) is 11.4 Å². The largest absolute Gasteiger partial charge is 0.356 e. The molecule has 0 aromatic carbocycles. The Morgan fingerprint density at radius 2 is 1.80 bits per heavy atom. The van der Waals surface area contributed by atoms with E-state index in [4.69, 9.17) is 5.73 Å². The number of carbonyl (C=O) groups is 1. The van der Waals surface area contributed by atoms with Gasteiger partial charge in [0.2, 0.25) is 5.91 Å². The van der Waals surface area contributed by atoms with E-state index < -0.39 is 0 Å². The second-order valence-electron chi connectivity index (χ2n) is 7.36. The predicted molar refractivity (Wildman–Crippen MR) is 83.4 cm³/mol. The van der Waals surface area contributed by atoms with Crippen molar-refractivity contribution in [2.75, 3.05) is 6.54 Å². The number of nitrogens with one attached hydrogen (secondary N) is 1. The third kappa shape index (κ3) is 5.08. The van der Waals surface area contributed by atoms with Crippen molar-refractivity contribution >= 4 is 5.91 Å².